The maximum atomic E-state index is 12.5. The molecule has 5 nitrogen and oxygen atoms in total. The molecule has 0 aliphatic carbocycles. The van der Waals surface area contributed by atoms with E-state index < -0.39 is 12.0 Å². The van der Waals surface area contributed by atoms with E-state index in [-0.39, 0.29) is 24.7 Å². The minimum Gasteiger partial charge on any atom is -0.371 e. The summed E-state index contributed by atoms with van der Waals surface area (Å²) in [6.07, 6.45) is -2.63. The third-order valence-electron chi connectivity index (χ3n) is 4.12. The third kappa shape index (κ3) is 5.24. The number of ether oxygens (including phenoxy) is 1. The quantitative estimate of drug-likeness (QED) is 0.836. The molecule has 1 fully saturated rings. The minimum absolute atomic E-state index is 0.0636. The summed E-state index contributed by atoms with van der Waals surface area (Å²) >= 11 is 6.29. The van der Waals surface area contributed by atoms with Crippen molar-refractivity contribution in [1.82, 2.24) is 15.3 Å². The van der Waals surface area contributed by atoms with Crippen LogP contribution in [0.3, 0.4) is 0 Å². The lowest BCUT2D eigenvalue weighted by atomic mass is 10.0. The number of aromatic nitrogens is 2. The van der Waals surface area contributed by atoms with Crippen LogP contribution in [0.4, 0.5) is 13.2 Å². The molecule has 1 atom stereocenters. The third-order valence-corrected chi connectivity index (χ3v) is 4.48. The van der Waals surface area contributed by atoms with E-state index in [2.05, 4.69) is 15.3 Å². The van der Waals surface area contributed by atoms with Crippen molar-refractivity contribution in [2.45, 2.75) is 25.1 Å². The van der Waals surface area contributed by atoms with Crippen LogP contribution < -0.4 is 5.32 Å². The van der Waals surface area contributed by atoms with Crippen LogP contribution in [-0.2, 0) is 28.5 Å². The first kappa shape index (κ1) is 19.7. The smallest absolute Gasteiger partial charge is 0.371 e. The summed E-state index contributed by atoms with van der Waals surface area (Å²) in [6.45, 7) is 2.13. The highest BCUT2D eigenvalue weighted by Crippen LogP contribution is 2.26. The molecule has 0 amide bonds. The summed E-state index contributed by atoms with van der Waals surface area (Å²) < 4.78 is 43.1. The maximum Gasteiger partial charge on any atom is 0.451 e. The Hall–Kier alpha value is -2.03. The number of morpholine rings is 1. The minimum atomic E-state index is -4.60. The number of ketones is 1. The van der Waals surface area contributed by atoms with Crippen LogP contribution in [0.25, 0.3) is 0 Å². The van der Waals surface area contributed by atoms with Gasteiger partial charge in [-0.1, -0.05) is 23.7 Å². The second kappa shape index (κ2) is 8.33. The largest absolute Gasteiger partial charge is 0.451 e. The molecule has 0 radical (unpaired) electrons. The number of carbonyl (C=O) groups is 1. The summed E-state index contributed by atoms with van der Waals surface area (Å²) in [6, 6.07) is 5.42. The van der Waals surface area contributed by atoms with Gasteiger partial charge in [0.1, 0.15) is 5.78 Å². The van der Waals surface area contributed by atoms with Gasteiger partial charge in [0.2, 0.25) is 5.82 Å². The lowest BCUT2D eigenvalue weighted by Gasteiger charge is -2.24. The second-order valence-corrected chi connectivity index (χ2v) is 6.63. The highest BCUT2D eigenvalue weighted by molar-refractivity contribution is 6.31. The van der Waals surface area contributed by atoms with Gasteiger partial charge in [0, 0.05) is 43.3 Å². The number of Topliss-reactive ketones (excluding diaryl/α,β-unsaturated/α-hetero) is 1. The SMILES string of the molecule is O=C(Cc1cnc(C(F)(F)F)nc1)Cc1ccc([C@@H]2CNCCO2)cc1Cl. The van der Waals surface area contributed by atoms with Gasteiger partial charge in [0.15, 0.2) is 0 Å². The summed E-state index contributed by atoms with van der Waals surface area (Å²) in [5.74, 6) is -1.42. The van der Waals surface area contributed by atoms with E-state index in [1.807, 2.05) is 6.07 Å². The standard InChI is InChI=1S/C18H17ClF3N3O2/c19-15-7-13(16-10-23-3-4-27-16)2-1-12(15)6-14(26)5-11-8-24-17(25-9-11)18(20,21)22/h1-2,7-9,16,23H,3-6,10H2/t16-/m0/s1. The van der Waals surface area contributed by atoms with E-state index in [1.54, 1.807) is 12.1 Å². The van der Waals surface area contributed by atoms with Crippen LogP contribution in [0.1, 0.15) is 28.6 Å². The van der Waals surface area contributed by atoms with Crippen LogP contribution in [0, 0.1) is 0 Å². The Morgan fingerprint density at radius 2 is 2.00 bits per heavy atom. The zero-order chi connectivity index (χ0) is 19.4. The number of hydrogen-bond donors (Lipinski definition) is 1. The van der Waals surface area contributed by atoms with Gasteiger partial charge in [-0.25, -0.2) is 9.97 Å². The fourth-order valence-electron chi connectivity index (χ4n) is 2.78. The number of hydrogen-bond acceptors (Lipinski definition) is 5. The zero-order valence-corrected chi connectivity index (χ0v) is 15.0. The summed E-state index contributed by atoms with van der Waals surface area (Å²) in [5.41, 5.74) is 1.91. The molecule has 1 aromatic heterocycles. The summed E-state index contributed by atoms with van der Waals surface area (Å²) in [7, 11) is 0. The molecule has 3 rings (SSSR count). The van der Waals surface area contributed by atoms with Gasteiger partial charge in [0.05, 0.1) is 12.7 Å². The first-order chi connectivity index (χ1) is 12.8. The summed E-state index contributed by atoms with van der Waals surface area (Å²) in [5, 5.41) is 3.69. The van der Waals surface area contributed by atoms with Gasteiger partial charge >= 0.3 is 6.18 Å². The molecule has 0 spiro atoms. The van der Waals surface area contributed by atoms with E-state index in [0.717, 1.165) is 24.5 Å². The molecule has 1 aromatic carbocycles. The van der Waals surface area contributed by atoms with Crippen LogP contribution in [-0.4, -0.2) is 35.4 Å². The highest BCUT2D eigenvalue weighted by Gasteiger charge is 2.34. The van der Waals surface area contributed by atoms with Gasteiger partial charge in [0.25, 0.3) is 0 Å². The van der Waals surface area contributed by atoms with Crippen molar-refractivity contribution < 1.29 is 22.7 Å². The lowest BCUT2D eigenvalue weighted by molar-refractivity contribution is -0.145. The molecule has 144 valence electrons. The van der Waals surface area contributed by atoms with Crippen LogP contribution >= 0.6 is 11.6 Å². The Bertz CT molecular complexity index is 806. The number of alkyl halides is 3. The molecule has 0 unspecified atom stereocenters. The van der Waals surface area contributed by atoms with Crippen LogP contribution in [0.2, 0.25) is 5.02 Å². The van der Waals surface area contributed by atoms with Gasteiger partial charge < -0.3 is 10.1 Å². The van der Waals surface area contributed by atoms with Crippen molar-refractivity contribution in [3.63, 3.8) is 0 Å². The molecule has 27 heavy (non-hydrogen) atoms. The number of nitrogens with zero attached hydrogens (tertiary/aromatic N) is 2. The van der Waals surface area contributed by atoms with Gasteiger partial charge in [-0.15, -0.1) is 0 Å². The average Bonchev–Trinajstić information content (AvgIpc) is 2.64. The number of rotatable bonds is 5. The lowest BCUT2D eigenvalue weighted by Crippen LogP contribution is -2.33. The predicted molar refractivity (Wildman–Crippen MR) is 92.5 cm³/mol. The molecular formula is C18H17ClF3N3O2. The first-order valence-corrected chi connectivity index (χ1v) is 8.71. The Morgan fingerprint density at radius 1 is 1.26 bits per heavy atom. The van der Waals surface area contributed by atoms with E-state index in [1.165, 1.54) is 0 Å². The molecule has 0 saturated carbocycles. The topological polar surface area (TPSA) is 64.1 Å². The molecule has 0 bridgehead atoms. The average molecular weight is 400 g/mol. The molecule has 2 heterocycles. The molecule has 9 heteroatoms. The number of halogens is 4. The molecule has 1 saturated heterocycles. The fourth-order valence-corrected chi connectivity index (χ4v) is 3.04. The van der Waals surface area contributed by atoms with Gasteiger partial charge in [-0.3, -0.25) is 4.79 Å². The molecule has 1 N–H and O–H groups in total. The van der Waals surface area contributed by atoms with Crippen molar-refractivity contribution in [3.05, 3.63) is 58.1 Å². The van der Waals surface area contributed by atoms with Crippen LogP contribution in [0.15, 0.2) is 30.6 Å². The zero-order valence-electron chi connectivity index (χ0n) is 14.2. The first-order valence-electron chi connectivity index (χ1n) is 8.33. The van der Waals surface area contributed by atoms with E-state index in [0.29, 0.717) is 29.3 Å². The molecule has 1 aliphatic rings. The maximum absolute atomic E-state index is 12.5. The Labute approximate surface area is 158 Å². The van der Waals surface area contributed by atoms with Crippen molar-refractivity contribution >= 4 is 17.4 Å². The Kier molecular flexibility index (Phi) is 6.08. The monoisotopic (exact) mass is 399 g/mol. The molecular weight excluding hydrogens is 383 g/mol. The van der Waals surface area contributed by atoms with Crippen molar-refractivity contribution in [2.75, 3.05) is 19.7 Å². The molecule has 1 aliphatic heterocycles. The number of nitrogens with one attached hydrogen (secondary N) is 1. The van der Waals surface area contributed by atoms with Gasteiger partial charge in [-0.2, -0.15) is 13.2 Å². The van der Waals surface area contributed by atoms with Crippen LogP contribution in [0.5, 0.6) is 0 Å². The van der Waals surface area contributed by atoms with E-state index >= 15 is 0 Å². The highest BCUT2D eigenvalue weighted by atomic mass is 35.5. The Morgan fingerprint density at radius 3 is 2.59 bits per heavy atom. The number of benzene rings is 1. The second-order valence-electron chi connectivity index (χ2n) is 6.22. The normalized spacial score (nSPS) is 17.7. The van der Waals surface area contributed by atoms with Crippen molar-refractivity contribution in [2.24, 2.45) is 0 Å². The predicted octanol–water partition coefficient (Wildman–Crippen LogP) is 3.16. The van der Waals surface area contributed by atoms with Gasteiger partial charge in [-0.05, 0) is 22.8 Å². The van der Waals surface area contributed by atoms with E-state index in [4.69, 9.17) is 16.3 Å². The molecule has 2 aromatic rings. The van der Waals surface area contributed by atoms with Crippen molar-refractivity contribution in [3.8, 4) is 0 Å². The van der Waals surface area contributed by atoms with E-state index in [9.17, 15) is 18.0 Å². The number of carbonyl (C=O) groups excluding carboxylic acids is 1. The fraction of sp³-hybridized carbons (Fsp3) is 0.389. The summed E-state index contributed by atoms with van der Waals surface area (Å²) in [4.78, 5) is 18.7. The Balaban J connectivity index is 1.62. The van der Waals surface area contributed by atoms with Crippen molar-refractivity contribution in [1.29, 1.82) is 0 Å².